The molecule has 0 aromatic heterocycles. The van der Waals surface area contributed by atoms with Crippen molar-refractivity contribution in [2.45, 2.75) is 55.4 Å². The molecule has 11 heteroatoms. The van der Waals surface area contributed by atoms with Gasteiger partial charge in [0, 0.05) is 20.1 Å². The molecular weight excluding hydrogens is 418 g/mol. The first-order valence-electron chi connectivity index (χ1n) is 8.05. The number of hydrogen-bond donors (Lipinski definition) is 0. The van der Waals surface area contributed by atoms with Gasteiger partial charge in [-0.25, -0.2) is 0 Å². The number of fused-ring (bicyclic) bond motifs is 1. The summed E-state index contributed by atoms with van der Waals surface area (Å²) in [5.74, 6) is 0. The summed E-state index contributed by atoms with van der Waals surface area (Å²) in [5, 5.41) is 0. The molecule has 27 heavy (non-hydrogen) atoms. The number of halogens is 6. The maximum atomic E-state index is 14.1. The Hall–Kier alpha value is -1.20. The van der Waals surface area contributed by atoms with Crippen LogP contribution in [0.25, 0.3) is 6.08 Å². The molecule has 0 bridgehead atoms. The zero-order valence-corrected chi connectivity index (χ0v) is 16.1. The highest BCUT2D eigenvalue weighted by Crippen LogP contribution is 2.78. The number of hydrogen-bond acceptors (Lipinski definition) is 3. The summed E-state index contributed by atoms with van der Waals surface area (Å²) in [4.78, 5) is -1.02. The van der Waals surface area contributed by atoms with E-state index in [0.29, 0.717) is 18.4 Å². The van der Waals surface area contributed by atoms with Crippen molar-refractivity contribution in [1.29, 1.82) is 0 Å². The van der Waals surface area contributed by atoms with Crippen LogP contribution >= 0.6 is 10.3 Å². The van der Waals surface area contributed by atoms with E-state index in [4.69, 9.17) is 0 Å². The highest BCUT2D eigenvalue weighted by atomic mass is 32.3. The van der Waals surface area contributed by atoms with Crippen molar-refractivity contribution >= 4 is 26.5 Å². The molecule has 0 N–H and O–H groups in total. The van der Waals surface area contributed by atoms with Crippen LogP contribution in [0.4, 0.5) is 26.3 Å². The van der Waals surface area contributed by atoms with Crippen molar-refractivity contribution in [3.8, 4) is 0 Å². The lowest BCUT2D eigenvalue weighted by Crippen LogP contribution is -2.32. The first-order valence-corrected chi connectivity index (χ1v) is 11.0. The van der Waals surface area contributed by atoms with E-state index in [2.05, 4.69) is 3.63 Å². The van der Waals surface area contributed by atoms with E-state index in [-0.39, 0.29) is 18.4 Å². The molecule has 2 rings (SSSR count). The van der Waals surface area contributed by atoms with Crippen LogP contribution in [-0.2, 0) is 20.2 Å². The van der Waals surface area contributed by atoms with Crippen LogP contribution in [0.1, 0.15) is 44.2 Å². The van der Waals surface area contributed by atoms with Gasteiger partial charge in [0.15, 0.2) is 0 Å². The molecule has 0 spiro atoms. The Kier molecular flexibility index (Phi) is 5.99. The molecule has 1 aliphatic rings. The van der Waals surface area contributed by atoms with Gasteiger partial charge < -0.3 is 0 Å². The number of rotatable bonds is 6. The Morgan fingerprint density at radius 3 is 2.07 bits per heavy atom. The molecule has 0 saturated carbocycles. The Labute approximate surface area is 155 Å². The van der Waals surface area contributed by atoms with E-state index < -0.39 is 41.2 Å². The lowest BCUT2D eigenvalue weighted by atomic mass is 10.1. The second-order valence-corrected chi connectivity index (χ2v) is 10.4. The van der Waals surface area contributed by atoms with Crippen molar-refractivity contribution < 1.29 is 38.4 Å². The topological polar surface area (TPSA) is 43.4 Å². The first kappa shape index (κ1) is 22.1. The van der Waals surface area contributed by atoms with Crippen molar-refractivity contribution in [1.82, 2.24) is 0 Å². The largest absolute Gasteiger partial charge is 0.523 e. The van der Waals surface area contributed by atoms with Gasteiger partial charge in [0.05, 0.1) is 0 Å². The monoisotopic (exact) mass is 436 g/mol. The van der Waals surface area contributed by atoms with Crippen LogP contribution in [0, 0.1) is 0 Å². The van der Waals surface area contributed by atoms with E-state index in [1.54, 1.807) is 19.9 Å². The van der Waals surface area contributed by atoms with Crippen LogP contribution in [0.2, 0.25) is 0 Å². The minimum atomic E-state index is -6.47. The van der Waals surface area contributed by atoms with Gasteiger partial charge in [-0.2, -0.15) is 38.4 Å². The SMILES string of the molecule is CCCC1=Cc2ccc(CCC)cc2S1(OS(=O)(=O)C(F)(F)F)C(F)(F)F. The summed E-state index contributed by atoms with van der Waals surface area (Å²) < 4.78 is 108. The molecule has 0 fully saturated rings. The van der Waals surface area contributed by atoms with Crippen LogP contribution in [-0.4, -0.2) is 19.4 Å². The molecule has 1 unspecified atom stereocenters. The predicted molar refractivity (Wildman–Crippen MR) is 91.3 cm³/mol. The number of aryl methyl sites for hydroxylation is 1. The van der Waals surface area contributed by atoms with Gasteiger partial charge in [-0.15, -0.1) is 0 Å². The van der Waals surface area contributed by atoms with Gasteiger partial charge in [0.1, 0.15) is 0 Å². The highest BCUT2D eigenvalue weighted by molar-refractivity contribution is 8.37. The van der Waals surface area contributed by atoms with Gasteiger partial charge in [-0.3, -0.25) is 0 Å². The lowest BCUT2D eigenvalue weighted by Gasteiger charge is -2.39. The maximum absolute atomic E-state index is 14.1. The van der Waals surface area contributed by atoms with E-state index in [0.717, 1.165) is 12.1 Å². The number of benzene rings is 1. The van der Waals surface area contributed by atoms with Gasteiger partial charge in [-0.1, -0.05) is 38.8 Å². The highest BCUT2D eigenvalue weighted by Gasteiger charge is 2.63. The smallest absolute Gasteiger partial charge is 0.196 e. The van der Waals surface area contributed by atoms with Crippen molar-refractivity contribution in [3.63, 3.8) is 0 Å². The van der Waals surface area contributed by atoms with Crippen molar-refractivity contribution in [2.75, 3.05) is 0 Å². The lowest BCUT2D eigenvalue weighted by molar-refractivity contribution is -0.0546. The molecule has 0 aliphatic carbocycles. The van der Waals surface area contributed by atoms with Crippen molar-refractivity contribution in [3.05, 3.63) is 34.2 Å². The fourth-order valence-corrected chi connectivity index (χ4v) is 7.54. The van der Waals surface area contributed by atoms with E-state index >= 15 is 0 Å². The molecule has 1 aromatic rings. The molecule has 1 aliphatic heterocycles. The van der Waals surface area contributed by atoms with Gasteiger partial charge >= 0.3 is 21.1 Å². The predicted octanol–water partition coefficient (Wildman–Crippen LogP) is 6.26. The third kappa shape index (κ3) is 3.86. The molecule has 3 nitrogen and oxygen atoms in total. The van der Waals surface area contributed by atoms with E-state index in [1.807, 2.05) is 0 Å². The van der Waals surface area contributed by atoms with Gasteiger partial charge in [0.2, 0.25) is 0 Å². The van der Waals surface area contributed by atoms with E-state index in [1.165, 1.54) is 6.07 Å². The second-order valence-electron chi connectivity index (χ2n) is 5.95. The van der Waals surface area contributed by atoms with Crippen LogP contribution < -0.4 is 0 Å². The fourth-order valence-electron chi connectivity index (χ4n) is 2.82. The molecular formula is C16H18F6O3S2. The Morgan fingerprint density at radius 1 is 1.00 bits per heavy atom. The summed E-state index contributed by atoms with van der Waals surface area (Å²) >= 11 is 0. The average Bonchev–Trinajstić information content (AvgIpc) is 2.81. The Balaban J connectivity index is 2.77. The molecule has 0 radical (unpaired) electrons. The third-order valence-corrected chi connectivity index (χ3v) is 8.69. The van der Waals surface area contributed by atoms with Crippen LogP contribution in [0.3, 0.4) is 0 Å². The molecule has 0 saturated heterocycles. The van der Waals surface area contributed by atoms with Crippen LogP contribution in [0.5, 0.6) is 0 Å². The maximum Gasteiger partial charge on any atom is 0.523 e. The zero-order valence-electron chi connectivity index (χ0n) is 14.4. The third-order valence-electron chi connectivity index (χ3n) is 3.91. The zero-order chi connectivity index (χ0) is 20.7. The van der Waals surface area contributed by atoms with Crippen LogP contribution in [0.15, 0.2) is 28.0 Å². The quantitative estimate of drug-likeness (QED) is 0.391. The Morgan fingerprint density at radius 2 is 1.59 bits per heavy atom. The summed E-state index contributed by atoms with van der Waals surface area (Å²) in [5.41, 5.74) is -10.8. The summed E-state index contributed by atoms with van der Waals surface area (Å²) in [6, 6.07) is 4.05. The molecule has 1 heterocycles. The summed E-state index contributed by atoms with van der Waals surface area (Å²) in [6.07, 6.45) is 2.05. The minimum absolute atomic E-state index is 0.0306. The number of alkyl halides is 6. The first-order chi connectivity index (χ1) is 12.3. The average molecular weight is 436 g/mol. The standard InChI is InChI=1S/C16H18F6O3S2/c1-3-5-11-7-8-12-10-13(6-4-2)26(14(12)9-11,15(17,18)19)25-27(23,24)16(20,21)22/h7-10H,3-6H2,1-2H3. The summed E-state index contributed by atoms with van der Waals surface area (Å²) in [7, 11) is -11.3. The van der Waals surface area contributed by atoms with E-state index in [9.17, 15) is 34.8 Å². The Bertz CT molecular complexity index is 843. The van der Waals surface area contributed by atoms with Gasteiger partial charge in [0.25, 0.3) is 0 Å². The fraction of sp³-hybridized carbons (Fsp3) is 0.500. The normalized spacial score (nSPS) is 22.9. The number of allylic oxidation sites excluding steroid dienone is 1. The van der Waals surface area contributed by atoms with Crippen molar-refractivity contribution in [2.24, 2.45) is 0 Å². The second kappa shape index (κ2) is 7.32. The summed E-state index contributed by atoms with van der Waals surface area (Å²) in [6.45, 7) is 3.34. The molecule has 154 valence electrons. The molecule has 1 atom stereocenters. The van der Waals surface area contributed by atoms with Gasteiger partial charge in [-0.05, 0) is 36.1 Å². The minimum Gasteiger partial charge on any atom is -0.196 e. The molecule has 1 aromatic carbocycles. The molecule has 0 amide bonds.